The number of quaternary nitrogens is 1. The zero-order valence-electron chi connectivity index (χ0n) is 45.2. The third-order valence-electron chi connectivity index (χ3n) is 11.9. The predicted octanol–water partition coefficient (Wildman–Crippen LogP) is 16.2. The molecule has 2 unspecified atom stereocenters. The molecule has 0 radical (unpaired) electrons. The molecular weight excluding hydrogens is 863 g/mol. The van der Waals surface area contributed by atoms with Crippen molar-refractivity contribution in [3.8, 4) is 0 Å². The molecule has 0 saturated heterocycles. The Balaban J connectivity index is 4.34. The van der Waals surface area contributed by atoms with Crippen molar-refractivity contribution in [2.75, 3.05) is 47.5 Å². The van der Waals surface area contributed by atoms with Crippen LogP contribution in [0, 0.1) is 0 Å². The van der Waals surface area contributed by atoms with E-state index in [9.17, 15) is 19.5 Å². The van der Waals surface area contributed by atoms with Gasteiger partial charge >= 0.3 is 17.9 Å². The van der Waals surface area contributed by atoms with E-state index in [2.05, 4.69) is 86.8 Å². The summed E-state index contributed by atoms with van der Waals surface area (Å²) in [5.74, 6) is -2.03. The van der Waals surface area contributed by atoms with Crippen molar-refractivity contribution < 1.29 is 42.9 Å². The van der Waals surface area contributed by atoms with Gasteiger partial charge in [-0.2, -0.15) is 0 Å². The smallest absolute Gasteiger partial charge is 0.361 e. The summed E-state index contributed by atoms with van der Waals surface area (Å²) in [7, 11) is 5.96. The van der Waals surface area contributed by atoms with Crippen LogP contribution in [0.3, 0.4) is 0 Å². The molecule has 9 heteroatoms. The number of hydrogen-bond acceptors (Lipinski definition) is 7. The van der Waals surface area contributed by atoms with E-state index in [1.54, 1.807) is 0 Å². The Morgan fingerprint density at radius 3 is 1.16 bits per heavy atom. The van der Waals surface area contributed by atoms with Gasteiger partial charge in [0.1, 0.15) is 13.2 Å². The van der Waals surface area contributed by atoms with Crippen LogP contribution < -0.4 is 0 Å². The van der Waals surface area contributed by atoms with Gasteiger partial charge in [0.15, 0.2) is 6.10 Å². The number of unbranched alkanes of at least 4 members (excludes halogenated alkanes) is 24. The highest BCUT2D eigenvalue weighted by atomic mass is 16.7. The summed E-state index contributed by atoms with van der Waals surface area (Å²) in [5.41, 5.74) is 0. The SMILES string of the molecule is CCCCCCC/C=C\C/C=C\C/C=C\CCCCCCCCCCC(=O)OC(COC(=O)CCCCCCCC/C=C\C/C=C\C/C=C\CCCCCCC)COC(OCC[N+](C)(C)C)C(=O)O. The number of allylic oxidation sites excluding steroid dienone is 12. The van der Waals surface area contributed by atoms with Crippen molar-refractivity contribution in [2.24, 2.45) is 0 Å². The van der Waals surface area contributed by atoms with E-state index in [4.69, 9.17) is 18.9 Å². The Kier molecular flexibility index (Phi) is 48.7. The molecule has 9 nitrogen and oxygen atoms in total. The van der Waals surface area contributed by atoms with E-state index in [1.807, 2.05) is 21.1 Å². The number of carboxylic acid groups (broad SMARTS) is 1. The minimum Gasteiger partial charge on any atom is -0.477 e. The van der Waals surface area contributed by atoms with E-state index in [0.717, 1.165) is 83.5 Å². The van der Waals surface area contributed by atoms with E-state index < -0.39 is 24.3 Å². The van der Waals surface area contributed by atoms with E-state index in [-0.39, 0.29) is 38.6 Å². The quantitative estimate of drug-likeness (QED) is 0.0211. The first-order valence-corrected chi connectivity index (χ1v) is 28.1. The molecule has 0 amide bonds. The van der Waals surface area contributed by atoms with Crippen LogP contribution in [0.5, 0.6) is 0 Å². The second kappa shape index (κ2) is 51.1. The second-order valence-corrected chi connectivity index (χ2v) is 19.9. The summed E-state index contributed by atoms with van der Waals surface area (Å²) >= 11 is 0. The fourth-order valence-electron chi connectivity index (χ4n) is 7.56. The number of ether oxygens (including phenoxy) is 4. The predicted molar refractivity (Wildman–Crippen MR) is 290 cm³/mol. The Labute approximate surface area is 424 Å². The first-order chi connectivity index (χ1) is 33.6. The number of esters is 2. The summed E-state index contributed by atoms with van der Waals surface area (Å²) in [6.45, 7) is 4.83. The van der Waals surface area contributed by atoms with E-state index >= 15 is 0 Å². The Morgan fingerprint density at radius 2 is 0.783 bits per heavy atom. The molecule has 0 heterocycles. The zero-order chi connectivity index (χ0) is 50.6. The van der Waals surface area contributed by atoms with E-state index in [0.29, 0.717) is 17.4 Å². The highest BCUT2D eigenvalue weighted by molar-refractivity contribution is 5.71. The van der Waals surface area contributed by atoms with Gasteiger partial charge in [-0.1, -0.05) is 202 Å². The molecule has 0 aromatic rings. The van der Waals surface area contributed by atoms with Gasteiger partial charge in [-0.25, -0.2) is 4.79 Å². The average Bonchev–Trinajstić information content (AvgIpc) is 3.31. The van der Waals surface area contributed by atoms with Gasteiger partial charge in [-0.05, 0) is 89.9 Å². The fraction of sp³-hybridized carbons (Fsp3) is 0.750. The molecule has 0 fully saturated rings. The van der Waals surface area contributed by atoms with Crippen molar-refractivity contribution >= 4 is 17.9 Å². The van der Waals surface area contributed by atoms with Gasteiger partial charge in [0, 0.05) is 12.8 Å². The summed E-state index contributed by atoms with van der Waals surface area (Å²) < 4.78 is 22.8. The van der Waals surface area contributed by atoms with Crippen molar-refractivity contribution in [2.45, 2.75) is 245 Å². The molecule has 0 saturated carbocycles. The largest absolute Gasteiger partial charge is 0.477 e. The highest BCUT2D eigenvalue weighted by Gasteiger charge is 2.25. The molecular formula is C60H106NO8+. The first kappa shape index (κ1) is 65.7. The molecule has 0 rings (SSSR count). The van der Waals surface area contributed by atoms with Crippen LogP contribution in [0.15, 0.2) is 72.9 Å². The molecule has 0 aliphatic carbocycles. The van der Waals surface area contributed by atoms with Gasteiger partial charge < -0.3 is 28.5 Å². The van der Waals surface area contributed by atoms with Crippen LogP contribution in [-0.4, -0.2) is 87.4 Å². The number of hydrogen-bond donors (Lipinski definition) is 1. The van der Waals surface area contributed by atoms with Crippen molar-refractivity contribution in [1.29, 1.82) is 0 Å². The Bertz CT molecular complexity index is 1360. The molecule has 0 aliphatic heterocycles. The molecule has 0 aromatic heterocycles. The number of aliphatic carboxylic acids is 1. The third-order valence-corrected chi connectivity index (χ3v) is 11.9. The van der Waals surface area contributed by atoms with Crippen LogP contribution in [-0.2, 0) is 33.3 Å². The number of carbonyl (C=O) groups excluding carboxylic acids is 2. The van der Waals surface area contributed by atoms with E-state index in [1.165, 1.54) is 116 Å². The van der Waals surface area contributed by atoms with Gasteiger partial charge in [-0.15, -0.1) is 0 Å². The summed E-state index contributed by atoms with van der Waals surface area (Å²) in [6, 6.07) is 0. The third kappa shape index (κ3) is 52.4. The maximum atomic E-state index is 12.9. The van der Waals surface area contributed by atoms with Gasteiger partial charge in [0.25, 0.3) is 6.29 Å². The maximum Gasteiger partial charge on any atom is 0.361 e. The molecule has 2 atom stereocenters. The fourth-order valence-corrected chi connectivity index (χ4v) is 7.56. The topological polar surface area (TPSA) is 108 Å². The number of nitrogens with zero attached hydrogens (tertiary/aromatic N) is 1. The minimum absolute atomic E-state index is 0.180. The van der Waals surface area contributed by atoms with Gasteiger partial charge in [0.2, 0.25) is 0 Å². The maximum absolute atomic E-state index is 12.9. The number of carboxylic acids is 1. The summed E-state index contributed by atoms with van der Waals surface area (Å²) in [5, 5.41) is 9.69. The molecule has 69 heavy (non-hydrogen) atoms. The van der Waals surface area contributed by atoms with Crippen molar-refractivity contribution in [3.63, 3.8) is 0 Å². The van der Waals surface area contributed by atoms with Crippen LogP contribution in [0.1, 0.15) is 232 Å². The molecule has 0 spiro atoms. The lowest BCUT2D eigenvalue weighted by atomic mass is 10.1. The van der Waals surface area contributed by atoms with Crippen molar-refractivity contribution in [1.82, 2.24) is 0 Å². The number of carbonyl (C=O) groups is 3. The monoisotopic (exact) mass is 969 g/mol. The van der Waals surface area contributed by atoms with Gasteiger partial charge in [0.05, 0.1) is 34.4 Å². The number of likely N-dealkylation sites (N-methyl/N-ethyl adjacent to an activating group) is 1. The molecule has 0 aliphatic rings. The zero-order valence-corrected chi connectivity index (χ0v) is 45.2. The van der Waals surface area contributed by atoms with Crippen molar-refractivity contribution in [3.05, 3.63) is 72.9 Å². The Hall–Kier alpha value is -3.27. The Morgan fingerprint density at radius 1 is 0.435 bits per heavy atom. The molecule has 398 valence electrons. The normalized spacial score (nSPS) is 13.3. The summed E-state index contributed by atoms with van der Waals surface area (Å²) in [6.07, 6.45) is 62.5. The summed E-state index contributed by atoms with van der Waals surface area (Å²) in [4.78, 5) is 37.4. The lowest BCUT2D eigenvalue weighted by Crippen LogP contribution is -2.40. The van der Waals surface area contributed by atoms with Gasteiger partial charge in [-0.3, -0.25) is 9.59 Å². The lowest BCUT2D eigenvalue weighted by molar-refractivity contribution is -0.870. The second-order valence-electron chi connectivity index (χ2n) is 19.9. The van der Waals surface area contributed by atoms with Crippen LogP contribution in [0.4, 0.5) is 0 Å². The average molecular weight is 970 g/mol. The highest BCUT2D eigenvalue weighted by Crippen LogP contribution is 2.14. The van der Waals surface area contributed by atoms with Crippen LogP contribution in [0.2, 0.25) is 0 Å². The minimum atomic E-state index is -1.52. The number of rotatable bonds is 51. The first-order valence-electron chi connectivity index (χ1n) is 28.1. The lowest BCUT2D eigenvalue weighted by Gasteiger charge is -2.25. The molecule has 0 bridgehead atoms. The van der Waals surface area contributed by atoms with Crippen LogP contribution in [0.25, 0.3) is 0 Å². The molecule has 0 aromatic carbocycles. The van der Waals surface area contributed by atoms with Crippen LogP contribution >= 0.6 is 0 Å². The molecule has 1 N–H and O–H groups in total. The standard InChI is InChI=1S/C60H105NO8/c1-6-8-10-12-14-16-18-20-22-24-26-28-29-31-33-35-37-39-41-43-45-47-49-51-58(63)69-56(55-68-60(59(64)65)66-53-52-61(3,4)5)54-67-57(62)50-48-46-44-42-40-38-36-34-32-30-27-25-23-21-19-17-15-13-11-9-7-2/h18-21,24-27,29,31-32,34,56,60H,6-17,22-23,28,30,33,35-55H2,1-5H3/p+1/b20-18-,21-19-,26-24-,27-25-,31-29-,34-32-.